The first-order valence-corrected chi connectivity index (χ1v) is 4.85. The zero-order chi connectivity index (χ0) is 13.8. The van der Waals surface area contributed by atoms with Gasteiger partial charge in [-0.15, -0.1) is 0 Å². The van der Waals surface area contributed by atoms with Gasteiger partial charge in [-0.2, -0.15) is 13.2 Å². The molecular weight excluding hydrogens is 256 g/mol. The van der Waals surface area contributed by atoms with Crippen LogP contribution in [0.5, 0.6) is 5.75 Å². The van der Waals surface area contributed by atoms with E-state index in [1.54, 1.807) is 0 Å². The van der Waals surface area contributed by atoms with Crippen LogP contribution in [-0.4, -0.2) is 32.3 Å². The summed E-state index contributed by atoms with van der Waals surface area (Å²) in [5.74, 6) is -1.95. The van der Waals surface area contributed by atoms with Crippen LogP contribution in [0.2, 0.25) is 0 Å². The summed E-state index contributed by atoms with van der Waals surface area (Å²) in [6.45, 7) is -2.39. The van der Waals surface area contributed by atoms with E-state index in [-0.39, 0.29) is 11.3 Å². The predicted octanol–water partition coefficient (Wildman–Crippen LogP) is 2.60. The van der Waals surface area contributed by atoms with Gasteiger partial charge in [-0.25, -0.2) is 4.39 Å². The normalized spacial score (nSPS) is 11.4. The van der Waals surface area contributed by atoms with E-state index in [9.17, 15) is 22.4 Å². The van der Waals surface area contributed by atoms with Crippen molar-refractivity contribution in [2.24, 2.45) is 0 Å². The average Bonchev–Trinajstić information content (AvgIpc) is 2.27. The Morgan fingerprint density at radius 1 is 1.33 bits per heavy atom. The first-order valence-electron chi connectivity index (χ1n) is 4.85. The molecule has 0 fully saturated rings. The van der Waals surface area contributed by atoms with Gasteiger partial charge in [-0.05, 0) is 12.1 Å². The Balaban J connectivity index is 2.68. The quantitative estimate of drug-likeness (QED) is 0.607. The van der Waals surface area contributed by atoms with E-state index in [2.05, 4.69) is 9.47 Å². The number of alkyl halides is 3. The lowest BCUT2D eigenvalue weighted by Crippen LogP contribution is -2.21. The number of halogens is 4. The third kappa shape index (κ3) is 3.99. The molecule has 0 aliphatic carbocycles. The van der Waals surface area contributed by atoms with Gasteiger partial charge in [0.15, 0.2) is 17.3 Å². The number of rotatable bonds is 5. The molecule has 1 rings (SSSR count). The van der Waals surface area contributed by atoms with E-state index < -0.39 is 31.0 Å². The van der Waals surface area contributed by atoms with Crippen LogP contribution in [0.4, 0.5) is 17.6 Å². The number of carbonyl (C=O) groups is 1. The van der Waals surface area contributed by atoms with E-state index >= 15 is 0 Å². The van der Waals surface area contributed by atoms with Crippen LogP contribution < -0.4 is 4.74 Å². The van der Waals surface area contributed by atoms with Crippen LogP contribution in [0.15, 0.2) is 18.2 Å². The van der Waals surface area contributed by atoms with Gasteiger partial charge in [0, 0.05) is 0 Å². The highest BCUT2D eigenvalue weighted by atomic mass is 19.4. The molecule has 0 radical (unpaired) electrons. The minimum Gasteiger partial charge on any atom is -0.494 e. The van der Waals surface area contributed by atoms with Crippen molar-refractivity contribution in [2.45, 2.75) is 6.18 Å². The number of carbonyl (C=O) groups excluding carboxylic acids is 1. The van der Waals surface area contributed by atoms with E-state index in [0.717, 1.165) is 6.07 Å². The molecule has 0 aliphatic rings. The maximum absolute atomic E-state index is 13.6. The molecule has 100 valence electrons. The molecule has 0 amide bonds. The minimum atomic E-state index is -4.52. The minimum absolute atomic E-state index is 0.156. The molecule has 18 heavy (non-hydrogen) atoms. The zero-order valence-electron chi connectivity index (χ0n) is 9.38. The number of ketones is 1. The van der Waals surface area contributed by atoms with Gasteiger partial charge in [-0.3, -0.25) is 4.79 Å². The third-order valence-corrected chi connectivity index (χ3v) is 1.98. The highest BCUT2D eigenvalue weighted by Crippen LogP contribution is 2.20. The first-order chi connectivity index (χ1) is 8.35. The van der Waals surface area contributed by atoms with Crippen molar-refractivity contribution >= 4 is 5.78 Å². The van der Waals surface area contributed by atoms with Gasteiger partial charge in [0.2, 0.25) is 0 Å². The number of hydrogen-bond donors (Lipinski definition) is 0. The molecule has 0 saturated heterocycles. The van der Waals surface area contributed by atoms with Gasteiger partial charge in [0.25, 0.3) is 0 Å². The SMILES string of the molecule is COc1cccc(C(=O)COCC(F)(F)F)c1F. The number of ether oxygens (including phenoxy) is 2. The molecule has 0 saturated carbocycles. The monoisotopic (exact) mass is 266 g/mol. The number of benzene rings is 1. The van der Waals surface area contributed by atoms with Crippen molar-refractivity contribution in [3.63, 3.8) is 0 Å². The molecular formula is C11H10F4O3. The van der Waals surface area contributed by atoms with Crippen LogP contribution in [0.3, 0.4) is 0 Å². The lowest BCUT2D eigenvalue weighted by molar-refractivity contribution is -0.170. The summed E-state index contributed by atoms with van der Waals surface area (Å²) in [6, 6.07) is 3.80. The highest BCUT2D eigenvalue weighted by Gasteiger charge is 2.28. The second-order valence-electron chi connectivity index (χ2n) is 3.35. The molecule has 7 heteroatoms. The topological polar surface area (TPSA) is 35.5 Å². The van der Waals surface area contributed by atoms with Crippen LogP contribution in [-0.2, 0) is 4.74 Å². The van der Waals surface area contributed by atoms with Crippen LogP contribution >= 0.6 is 0 Å². The molecule has 0 atom stereocenters. The van der Waals surface area contributed by atoms with Crippen LogP contribution in [0.1, 0.15) is 10.4 Å². The van der Waals surface area contributed by atoms with Gasteiger partial charge in [-0.1, -0.05) is 6.07 Å². The molecule has 0 aromatic heterocycles. The average molecular weight is 266 g/mol. The Hall–Kier alpha value is -1.63. The third-order valence-electron chi connectivity index (χ3n) is 1.98. The Morgan fingerprint density at radius 3 is 2.56 bits per heavy atom. The summed E-state index contributed by atoms with van der Waals surface area (Å²) in [5, 5.41) is 0. The smallest absolute Gasteiger partial charge is 0.411 e. The van der Waals surface area contributed by atoms with Crippen molar-refractivity contribution in [1.29, 1.82) is 0 Å². The second kappa shape index (κ2) is 5.81. The van der Waals surface area contributed by atoms with E-state index in [1.807, 2.05) is 0 Å². The maximum Gasteiger partial charge on any atom is 0.411 e. The van der Waals surface area contributed by atoms with Gasteiger partial charge >= 0.3 is 6.18 Å². The molecule has 0 heterocycles. The molecule has 0 N–H and O–H groups in total. The predicted molar refractivity (Wildman–Crippen MR) is 54.2 cm³/mol. The fraction of sp³-hybridized carbons (Fsp3) is 0.364. The number of Topliss-reactive ketones (excluding diaryl/α,β-unsaturated/α-hetero) is 1. The Morgan fingerprint density at radius 2 is 2.00 bits per heavy atom. The van der Waals surface area contributed by atoms with Crippen molar-refractivity contribution in [2.75, 3.05) is 20.3 Å². The number of methoxy groups -OCH3 is 1. The summed E-state index contributed by atoms with van der Waals surface area (Å²) < 4.78 is 57.7. The summed E-state index contributed by atoms with van der Waals surface area (Å²) in [5.41, 5.74) is -0.364. The summed E-state index contributed by atoms with van der Waals surface area (Å²) in [6.07, 6.45) is -4.52. The fourth-order valence-corrected chi connectivity index (χ4v) is 1.22. The van der Waals surface area contributed by atoms with E-state index in [4.69, 9.17) is 0 Å². The highest BCUT2D eigenvalue weighted by molar-refractivity contribution is 5.97. The van der Waals surface area contributed by atoms with Crippen LogP contribution in [0.25, 0.3) is 0 Å². The van der Waals surface area contributed by atoms with Gasteiger partial charge < -0.3 is 9.47 Å². The van der Waals surface area contributed by atoms with Gasteiger partial charge in [0.05, 0.1) is 12.7 Å². The Bertz CT molecular complexity index is 429. The van der Waals surface area contributed by atoms with E-state index in [1.165, 1.54) is 19.2 Å². The summed E-state index contributed by atoms with van der Waals surface area (Å²) >= 11 is 0. The van der Waals surface area contributed by atoms with Gasteiger partial charge in [0.1, 0.15) is 13.2 Å². The maximum atomic E-state index is 13.6. The van der Waals surface area contributed by atoms with Crippen molar-refractivity contribution in [3.05, 3.63) is 29.6 Å². The molecule has 0 bridgehead atoms. The van der Waals surface area contributed by atoms with Crippen LogP contribution in [0, 0.1) is 5.82 Å². The molecule has 0 aliphatic heterocycles. The molecule has 0 spiro atoms. The number of hydrogen-bond acceptors (Lipinski definition) is 3. The largest absolute Gasteiger partial charge is 0.494 e. The fourth-order valence-electron chi connectivity index (χ4n) is 1.22. The molecule has 3 nitrogen and oxygen atoms in total. The molecule has 1 aromatic carbocycles. The van der Waals surface area contributed by atoms with Crippen molar-refractivity contribution in [1.82, 2.24) is 0 Å². The zero-order valence-corrected chi connectivity index (χ0v) is 9.38. The first kappa shape index (κ1) is 14.4. The van der Waals surface area contributed by atoms with E-state index in [0.29, 0.717) is 0 Å². The summed E-state index contributed by atoms with van der Waals surface area (Å²) in [4.78, 5) is 11.4. The molecule has 0 unspecified atom stereocenters. The Kier molecular flexibility index (Phi) is 4.66. The molecule has 1 aromatic rings. The standard InChI is InChI=1S/C11H10F4O3/c1-17-9-4-2-3-7(10(9)12)8(16)5-18-6-11(13,14)15/h2-4H,5-6H2,1H3. The van der Waals surface area contributed by atoms with Crippen molar-refractivity contribution in [3.8, 4) is 5.75 Å². The lowest BCUT2D eigenvalue weighted by atomic mass is 10.1. The second-order valence-corrected chi connectivity index (χ2v) is 3.35. The Labute approximate surface area is 100 Å². The lowest BCUT2D eigenvalue weighted by Gasteiger charge is -2.08. The summed E-state index contributed by atoms with van der Waals surface area (Å²) in [7, 11) is 1.22. The van der Waals surface area contributed by atoms with Crippen molar-refractivity contribution < 1.29 is 31.8 Å².